The summed E-state index contributed by atoms with van der Waals surface area (Å²) in [6.07, 6.45) is 1.95. The molecular formula is C35H41N7O7S. The lowest BCUT2D eigenvalue weighted by molar-refractivity contribution is -0.146. The van der Waals surface area contributed by atoms with E-state index in [1.807, 2.05) is 30.3 Å². The number of nitrogens with one attached hydrogen (secondary N) is 1. The molecule has 4 heterocycles. The van der Waals surface area contributed by atoms with E-state index in [-0.39, 0.29) is 76.1 Å². The van der Waals surface area contributed by atoms with Crippen LogP contribution in [0.25, 0.3) is 0 Å². The van der Waals surface area contributed by atoms with Gasteiger partial charge in [0.05, 0.1) is 25.5 Å². The van der Waals surface area contributed by atoms with Crippen molar-refractivity contribution in [1.29, 1.82) is 0 Å². The predicted molar refractivity (Wildman–Crippen MR) is 185 cm³/mol. The Kier molecular flexibility index (Phi) is 11.6. The van der Waals surface area contributed by atoms with Gasteiger partial charge < -0.3 is 29.9 Å². The molecule has 4 aliphatic heterocycles. The average Bonchev–Trinajstić information content (AvgIpc) is 3.34. The Morgan fingerprint density at radius 2 is 1.54 bits per heavy atom. The Morgan fingerprint density at radius 3 is 2.28 bits per heavy atom. The summed E-state index contributed by atoms with van der Waals surface area (Å²) in [5.41, 5.74) is 1.96. The Hall–Kier alpha value is -4.57. The topological polar surface area (TPSA) is 155 Å². The van der Waals surface area contributed by atoms with Crippen LogP contribution in [0.4, 0.5) is 5.69 Å². The van der Waals surface area contributed by atoms with Crippen LogP contribution in [0.1, 0.15) is 12.0 Å². The zero-order valence-corrected chi connectivity index (χ0v) is 28.6. The van der Waals surface area contributed by atoms with Crippen LogP contribution in [0, 0.1) is 0 Å². The van der Waals surface area contributed by atoms with Crippen molar-refractivity contribution in [3.63, 3.8) is 0 Å². The van der Waals surface area contributed by atoms with Gasteiger partial charge in [0.2, 0.25) is 17.7 Å². The highest BCUT2D eigenvalue weighted by atomic mass is 32.2. The summed E-state index contributed by atoms with van der Waals surface area (Å²) in [6, 6.07) is 16.2. The monoisotopic (exact) mass is 703 g/mol. The highest BCUT2D eigenvalue weighted by molar-refractivity contribution is 7.99. The highest BCUT2D eigenvalue weighted by Gasteiger charge is 2.33. The molecule has 0 bridgehead atoms. The number of para-hydroxylation sites is 1. The van der Waals surface area contributed by atoms with Gasteiger partial charge in [0.1, 0.15) is 18.8 Å². The third-order valence-electron chi connectivity index (χ3n) is 9.13. The van der Waals surface area contributed by atoms with Crippen LogP contribution in [0.5, 0.6) is 0 Å². The number of aliphatic imine (C=N–C) groups is 1. The molecule has 2 N–H and O–H groups in total. The van der Waals surface area contributed by atoms with Crippen LogP contribution in [0.3, 0.4) is 0 Å². The molecule has 0 spiro atoms. The van der Waals surface area contributed by atoms with E-state index < -0.39 is 11.8 Å². The van der Waals surface area contributed by atoms with Crippen molar-refractivity contribution in [3.8, 4) is 0 Å². The number of hydrogen-bond acceptors (Lipinski definition) is 11. The van der Waals surface area contributed by atoms with E-state index in [9.17, 15) is 24.0 Å². The summed E-state index contributed by atoms with van der Waals surface area (Å²) in [7, 11) is 0. The lowest BCUT2D eigenvalue weighted by Crippen LogP contribution is -2.59. The molecule has 0 aliphatic carbocycles. The summed E-state index contributed by atoms with van der Waals surface area (Å²) >= 11 is 1.70. The van der Waals surface area contributed by atoms with E-state index >= 15 is 0 Å². The van der Waals surface area contributed by atoms with Gasteiger partial charge in [-0.05, 0) is 18.2 Å². The maximum absolute atomic E-state index is 13.1. The Labute approximate surface area is 294 Å². The number of amidine groups is 1. The van der Waals surface area contributed by atoms with Crippen LogP contribution in [0.2, 0.25) is 0 Å². The highest BCUT2D eigenvalue weighted by Crippen LogP contribution is 2.40. The first kappa shape index (κ1) is 35.3. The minimum absolute atomic E-state index is 0.0519. The van der Waals surface area contributed by atoms with Gasteiger partial charge in [-0.1, -0.05) is 42.1 Å². The maximum atomic E-state index is 13.1. The number of rotatable bonds is 11. The lowest BCUT2D eigenvalue weighted by atomic mass is 10.1. The van der Waals surface area contributed by atoms with Crippen molar-refractivity contribution in [1.82, 2.24) is 29.8 Å². The molecule has 0 radical (unpaired) electrons. The van der Waals surface area contributed by atoms with Crippen LogP contribution in [0.15, 0.2) is 75.5 Å². The third kappa shape index (κ3) is 8.41. The summed E-state index contributed by atoms with van der Waals surface area (Å²) < 4.78 is 5.56. The van der Waals surface area contributed by atoms with Crippen molar-refractivity contribution in [2.24, 2.45) is 4.99 Å². The molecule has 2 aromatic rings. The number of carbonyl (C=O) groups is 5. The molecule has 1 atom stereocenters. The normalized spacial score (nSPS) is 19.2. The van der Waals surface area contributed by atoms with Gasteiger partial charge >= 0.3 is 0 Å². The fraction of sp³-hybridized carbons (Fsp3) is 0.429. The number of imide groups is 1. The van der Waals surface area contributed by atoms with Crippen LogP contribution >= 0.6 is 11.8 Å². The van der Waals surface area contributed by atoms with Gasteiger partial charge in [0, 0.05) is 92.5 Å². The number of carbonyl (C=O) groups excluding carboxylic acids is 5. The number of benzene rings is 2. The summed E-state index contributed by atoms with van der Waals surface area (Å²) in [6.45, 7) is 4.26. The molecule has 2 aromatic carbocycles. The second-order valence-electron chi connectivity index (χ2n) is 12.3. The second kappa shape index (κ2) is 16.4. The van der Waals surface area contributed by atoms with Gasteiger partial charge in [-0.3, -0.25) is 33.8 Å². The van der Waals surface area contributed by atoms with E-state index in [0.29, 0.717) is 32.8 Å². The SMILES string of the molecule is O=C(CC(=O)N1CCN(C(=O)CN2C(=O)C=CC2=O)CC1)NCC1CN(C2=Nc3ccccc3Sc3ccccc32)CCN1CCOCCO. The lowest BCUT2D eigenvalue weighted by Gasteiger charge is -2.43. The van der Waals surface area contributed by atoms with Crippen molar-refractivity contribution in [2.75, 3.05) is 85.3 Å². The molecule has 264 valence electrons. The number of amides is 5. The van der Waals surface area contributed by atoms with Gasteiger partial charge in [-0.25, -0.2) is 4.99 Å². The third-order valence-corrected chi connectivity index (χ3v) is 10.3. The van der Waals surface area contributed by atoms with Gasteiger partial charge in [0.15, 0.2) is 0 Å². The Balaban J connectivity index is 1.05. The number of fused-ring (bicyclic) bond motifs is 2. The second-order valence-corrected chi connectivity index (χ2v) is 13.4. The first-order valence-electron chi connectivity index (χ1n) is 16.8. The van der Waals surface area contributed by atoms with Gasteiger partial charge in [0.25, 0.3) is 11.8 Å². The fourth-order valence-corrected chi connectivity index (χ4v) is 7.42. The molecule has 2 saturated heterocycles. The molecule has 0 aromatic heterocycles. The molecule has 50 heavy (non-hydrogen) atoms. The van der Waals surface area contributed by atoms with E-state index in [1.54, 1.807) is 16.7 Å². The van der Waals surface area contributed by atoms with Crippen LogP contribution < -0.4 is 5.32 Å². The molecule has 14 nitrogen and oxygen atoms in total. The maximum Gasteiger partial charge on any atom is 0.254 e. The number of aliphatic hydroxyl groups is 1. The van der Waals surface area contributed by atoms with E-state index in [1.165, 1.54) is 4.90 Å². The number of nitrogens with zero attached hydrogens (tertiary/aromatic N) is 6. The molecule has 5 amide bonds. The van der Waals surface area contributed by atoms with Crippen molar-refractivity contribution < 1.29 is 33.8 Å². The zero-order valence-electron chi connectivity index (χ0n) is 27.7. The summed E-state index contributed by atoms with van der Waals surface area (Å²) in [5, 5.41) is 12.1. The first-order valence-corrected chi connectivity index (χ1v) is 17.6. The Bertz CT molecular complexity index is 1660. The Morgan fingerprint density at radius 1 is 0.860 bits per heavy atom. The minimum Gasteiger partial charge on any atom is -0.394 e. The zero-order chi connectivity index (χ0) is 35.0. The minimum atomic E-state index is -0.518. The standard InChI is InChI=1S/C35H41N7O7S/c43-18-20-49-19-17-38-11-16-41(35-26-5-1-3-7-28(26)50-29-8-4-2-6-27(29)37-35)23-25(38)22-36-30(44)21-33(47)39-12-14-40(15-13-39)34(48)24-42-31(45)9-10-32(42)46/h1-10,25,43H,11-24H2,(H,36,44). The smallest absolute Gasteiger partial charge is 0.254 e. The van der Waals surface area contributed by atoms with E-state index in [4.69, 9.17) is 14.8 Å². The number of aliphatic hydroxyl groups excluding tert-OH is 1. The van der Waals surface area contributed by atoms with Crippen LogP contribution in [-0.2, 0) is 28.7 Å². The van der Waals surface area contributed by atoms with E-state index in [0.717, 1.165) is 50.5 Å². The number of hydrogen-bond donors (Lipinski definition) is 2. The molecular weight excluding hydrogens is 662 g/mol. The van der Waals surface area contributed by atoms with Gasteiger partial charge in [-0.15, -0.1) is 0 Å². The molecule has 2 fully saturated rings. The van der Waals surface area contributed by atoms with Crippen molar-refractivity contribution in [2.45, 2.75) is 22.3 Å². The predicted octanol–water partition coefficient (Wildman–Crippen LogP) is 0.327. The molecule has 6 rings (SSSR count). The van der Waals surface area contributed by atoms with Crippen molar-refractivity contribution in [3.05, 3.63) is 66.2 Å². The quantitative estimate of drug-likeness (QED) is 0.190. The number of piperazine rings is 2. The first-order chi connectivity index (χ1) is 24.3. The fourth-order valence-electron chi connectivity index (χ4n) is 6.40. The molecule has 1 unspecified atom stereocenters. The molecule has 4 aliphatic rings. The summed E-state index contributed by atoms with van der Waals surface area (Å²) in [4.78, 5) is 78.3. The number of ether oxygens (including phenoxy) is 1. The van der Waals surface area contributed by atoms with E-state index in [2.05, 4.69) is 33.3 Å². The molecule has 0 saturated carbocycles. The van der Waals surface area contributed by atoms with Crippen LogP contribution in [-0.4, -0.2) is 156 Å². The summed E-state index contributed by atoms with van der Waals surface area (Å²) in [5.74, 6) is -1.23. The van der Waals surface area contributed by atoms with Gasteiger partial charge in [-0.2, -0.15) is 0 Å². The molecule has 15 heteroatoms. The average molecular weight is 704 g/mol. The largest absolute Gasteiger partial charge is 0.394 e. The van der Waals surface area contributed by atoms with Crippen molar-refractivity contribution >= 4 is 52.8 Å².